The molecule has 4 unspecified atom stereocenters. The third-order valence-electron chi connectivity index (χ3n) is 5.67. The van der Waals surface area contributed by atoms with Crippen LogP contribution in [0.2, 0.25) is 0 Å². The second-order valence-corrected chi connectivity index (χ2v) is 7.34. The van der Waals surface area contributed by atoms with E-state index in [0.717, 1.165) is 47.7 Å². The van der Waals surface area contributed by atoms with Crippen molar-refractivity contribution in [3.63, 3.8) is 0 Å². The van der Waals surface area contributed by atoms with Gasteiger partial charge in [-0.05, 0) is 49.9 Å². The van der Waals surface area contributed by atoms with Crippen molar-refractivity contribution in [3.05, 3.63) is 11.9 Å². The molecule has 0 radical (unpaired) electrons. The van der Waals surface area contributed by atoms with E-state index in [1.54, 1.807) is 0 Å². The van der Waals surface area contributed by atoms with Gasteiger partial charge < -0.3 is 10.6 Å². The molecular formula is C17H26N4. The van der Waals surface area contributed by atoms with Crippen molar-refractivity contribution in [2.75, 3.05) is 17.2 Å². The third kappa shape index (κ3) is 2.19. The van der Waals surface area contributed by atoms with Crippen molar-refractivity contribution < 1.29 is 0 Å². The quantitative estimate of drug-likeness (QED) is 0.870. The van der Waals surface area contributed by atoms with E-state index >= 15 is 0 Å². The third-order valence-corrected chi connectivity index (χ3v) is 5.67. The molecule has 0 saturated heterocycles. The molecule has 1 aromatic heterocycles. The summed E-state index contributed by atoms with van der Waals surface area (Å²) in [6, 6.07) is 2.76. The molecule has 114 valence electrons. The largest absolute Gasteiger partial charge is 0.370 e. The zero-order valence-electron chi connectivity index (χ0n) is 13.3. The highest BCUT2D eigenvalue weighted by atomic mass is 15.1. The Balaban J connectivity index is 1.52. The number of fused-ring (bicyclic) bond motifs is 5. The maximum Gasteiger partial charge on any atom is 0.135 e. The Morgan fingerprint density at radius 1 is 1.14 bits per heavy atom. The maximum atomic E-state index is 4.73. The molecule has 0 spiro atoms. The molecule has 4 nitrogen and oxygen atoms in total. The molecule has 2 bridgehead atoms. The van der Waals surface area contributed by atoms with Crippen LogP contribution in [0.3, 0.4) is 0 Å². The Bertz CT molecular complexity index is 526. The van der Waals surface area contributed by atoms with Gasteiger partial charge in [0.1, 0.15) is 17.5 Å². The smallest absolute Gasteiger partial charge is 0.135 e. The maximum absolute atomic E-state index is 4.73. The van der Waals surface area contributed by atoms with E-state index in [4.69, 9.17) is 4.98 Å². The lowest BCUT2D eigenvalue weighted by molar-refractivity contribution is 0.456. The summed E-state index contributed by atoms with van der Waals surface area (Å²) in [5, 5.41) is 7.05. The van der Waals surface area contributed by atoms with Crippen LogP contribution in [0.4, 0.5) is 11.6 Å². The van der Waals surface area contributed by atoms with E-state index in [1.807, 2.05) is 0 Å². The molecule has 3 aliphatic rings. The zero-order valence-corrected chi connectivity index (χ0v) is 13.3. The van der Waals surface area contributed by atoms with E-state index in [9.17, 15) is 0 Å². The van der Waals surface area contributed by atoms with Crippen LogP contribution < -0.4 is 10.6 Å². The van der Waals surface area contributed by atoms with Gasteiger partial charge >= 0.3 is 0 Å². The van der Waals surface area contributed by atoms with Crippen molar-refractivity contribution in [2.24, 2.45) is 23.7 Å². The van der Waals surface area contributed by atoms with Crippen LogP contribution in [0.5, 0.6) is 0 Å². The monoisotopic (exact) mass is 286 g/mol. The molecular weight excluding hydrogens is 260 g/mol. The molecule has 0 aliphatic heterocycles. The first-order valence-corrected chi connectivity index (χ1v) is 8.56. The number of hydrogen-bond acceptors (Lipinski definition) is 4. The van der Waals surface area contributed by atoms with Crippen LogP contribution in [0.25, 0.3) is 0 Å². The Morgan fingerprint density at radius 2 is 1.81 bits per heavy atom. The summed E-state index contributed by atoms with van der Waals surface area (Å²) < 4.78 is 0. The van der Waals surface area contributed by atoms with Gasteiger partial charge in [-0.1, -0.05) is 13.8 Å². The average molecular weight is 286 g/mol. The summed E-state index contributed by atoms with van der Waals surface area (Å²) in [5.74, 6) is 7.13. The van der Waals surface area contributed by atoms with E-state index < -0.39 is 0 Å². The van der Waals surface area contributed by atoms with Gasteiger partial charge in [0.25, 0.3) is 0 Å². The second-order valence-electron chi connectivity index (χ2n) is 7.34. The minimum atomic E-state index is 0.360. The lowest BCUT2D eigenvalue weighted by Gasteiger charge is -2.14. The summed E-state index contributed by atoms with van der Waals surface area (Å²) in [6.07, 6.45) is 4.43. The predicted molar refractivity (Wildman–Crippen MR) is 85.5 cm³/mol. The molecule has 4 atom stereocenters. The fourth-order valence-electron chi connectivity index (χ4n) is 4.76. The van der Waals surface area contributed by atoms with Gasteiger partial charge in [-0.2, -0.15) is 0 Å². The lowest BCUT2D eigenvalue weighted by atomic mass is 10.0. The Labute approximate surface area is 127 Å². The Kier molecular flexibility index (Phi) is 3.09. The second kappa shape index (κ2) is 4.85. The van der Waals surface area contributed by atoms with E-state index in [1.165, 1.54) is 19.3 Å². The first-order valence-electron chi connectivity index (χ1n) is 8.56. The summed E-state index contributed by atoms with van der Waals surface area (Å²) >= 11 is 0. The van der Waals surface area contributed by atoms with Crippen molar-refractivity contribution in [1.82, 2.24) is 9.97 Å². The van der Waals surface area contributed by atoms with Crippen LogP contribution >= 0.6 is 0 Å². The van der Waals surface area contributed by atoms with Crippen molar-refractivity contribution in [2.45, 2.75) is 52.0 Å². The molecule has 3 saturated carbocycles. The molecule has 2 N–H and O–H groups in total. The molecule has 21 heavy (non-hydrogen) atoms. The summed E-state index contributed by atoms with van der Waals surface area (Å²) in [6.45, 7) is 7.31. The summed E-state index contributed by atoms with van der Waals surface area (Å²) in [5.41, 5.74) is 0. The molecule has 1 heterocycles. The number of aromatic nitrogens is 2. The molecule has 4 heteroatoms. The normalized spacial score (nSPS) is 35.9. The number of anilines is 2. The van der Waals surface area contributed by atoms with Gasteiger partial charge in [0.15, 0.2) is 0 Å². The van der Waals surface area contributed by atoms with Crippen LogP contribution in [-0.4, -0.2) is 22.6 Å². The Morgan fingerprint density at radius 3 is 2.43 bits per heavy atom. The van der Waals surface area contributed by atoms with Crippen LogP contribution in [0.15, 0.2) is 6.07 Å². The molecule has 1 aromatic rings. The van der Waals surface area contributed by atoms with Crippen molar-refractivity contribution >= 4 is 11.6 Å². The number of hydrogen-bond donors (Lipinski definition) is 2. The molecule has 3 aliphatic carbocycles. The van der Waals surface area contributed by atoms with Crippen LogP contribution in [-0.2, 0) is 0 Å². The lowest BCUT2D eigenvalue weighted by Crippen LogP contribution is -2.15. The molecule has 0 aromatic carbocycles. The van der Waals surface area contributed by atoms with E-state index in [-0.39, 0.29) is 0 Å². The summed E-state index contributed by atoms with van der Waals surface area (Å²) in [7, 11) is 0. The highest BCUT2D eigenvalue weighted by molar-refractivity contribution is 5.50. The van der Waals surface area contributed by atoms with E-state index in [2.05, 4.69) is 42.5 Å². The van der Waals surface area contributed by atoms with Crippen LogP contribution in [0.1, 0.15) is 51.8 Å². The number of nitrogens with one attached hydrogen (secondary N) is 2. The fourth-order valence-corrected chi connectivity index (χ4v) is 4.76. The zero-order chi connectivity index (χ0) is 14.6. The highest BCUT2D eigenvalue weighted by Crippen LogP contribution is 2.66. The van der Waals surface area contributed by atoms with Crippen LogP contribution in [0, 0.1) is 23.7 Å². The highest BCUT2D eigenvalue weighted by Gasteiger charge is 2.65. The molecule has 0 amide bonds. The Hall–Kier alpha value is -1.32. The minimum Gasteiger partial charge on any atom is -0.370 e. The fraction of sp³-hybridized carbons (Fsp3) is 0.765. The van der Waals surface area contributed by atoms with Gasteiger partial charge in [-0.15, -0.1) is 0 Å². The van der Waals surface area contributed by atoms with Gasteiger partial charge in [0, 0.05) is 24.6 Å². The first-order chi connectivity index (χ1) is 10.2. The van der Waals surface area contributed by atoms with E-state index in [0.29, 0.717) is 12.0 Å². The number of nitrogens with zero attached hydrogens (tertiary/aromatic N) is 2. The average Bonchev–Trinajstić information content (AvgIpc) is 2.84. The molecule has 4 rings (SSSR count). The van der Waals surface area contributed by atoms with Gasteiger partial charge in [0.05, 0.1) is 0 Å². The summed E-state index contributed by atoms with van der Waals surface area (Å²) in [4.78, 5) is 9.33. The first kappa shape index (κ1) is 13.4. The van der Waals surface area contributed by atoms with Crippen molar-refractivity contribution in [1.29, 1.82) is 0 Å². The van der Waals surface area contributed by atoms with Gasteiger partial charge in [0.2, 0.25) is 0 Å². The van der Waals surface area contributed by atoms with Gasteiger partial charge in [-0.3, -0.25) is 0 Å². The van der Waals surface area contributed by atoms with Crippen molar-refractivity contribution in [3.8, 4) is 0 Å². The van der Waals surface area contributed by atoms with Gasteiger partial charge in [-0.25, -0.2) is 9.97 Å². The SMILES string of the molecule is CCNc1cc(NC2C3C4CCC(C4)C23)nc(C(C)C)n1. The number of rotatable bonds is 5. The minimum absolute atomic E-state index is 0.360. The predicted octanol–water partition coefficient (Wildman–Crippen LogP) is 3.49. The topological polar surface area (TPSA) is 49.8 Å². The standard InChI is InChI=1S/C17H26N4/c1-4-18-12-8-13(21-17(20-12)9(2)3)19-16-14-10-5-6-11(7-10)15(14)16/h8-11,14-16H,4-7H2,1-3H3,(H2,18,19,20,21). The molecule has 3 fully saturated rings.